The molecule has 7 nitrogen and oxygen atoms in total. The van der Waals surface area contributed by atoms with Gasteiger partial charge in [-0.15, -0.1) is 0 Å². The first-order valence-corrected chi connectivity index (χ1v) is 7.92. The fraction of sp³-hybridized carbons (Fsp3) is 0.933. The lowest BCUT2D eigenvalue weighted by molar-refractivity contribution is -0.317. The van der Waals surface area contributed by atoms with E-state index in [2.05, 4.69) is 5.32 Å². The van der Waals surface area contributed by atoms with Crippen molar-refractivity contribution in [3.8, 4) is 0 Å². The number of carbonyl (C=O) groups excluding carboxylic acids is 1. The maximum Gasteiger partial charge on any atom is 0.207 e. The Balaban J connectivity index is 2.15. The van der Waals surface area contributed by atoms with Crippen LogP contribution in [0.5, 0.6) is 0 Å². The summed E-state index contributed by atoms with van der Waals surface area (Å²) in [6.45, 7) is 4.13. The first kappa shape index (κ1) is 19.5. The van der Waals surface area contributed by atoms with Crippen LogP contribution in [0.2, 0.25) is 0 Å². The monoisotopic (exact) mass is 319 g/mol. The molecule has 1 heterocycles. The third-order valence-electron chi connectivity index (χ3n) is 3.98. The Morgan fingerprint density at radius 1 is 1.27 bits per heavy atom. The SMILES string of the molecule is CC(C)C(=O)CCCCCNCC1(O)OCC(O)C(O)C1O. The van der Waals surface area contributed by atoms with E-state index < -0.39 is 24.1 Å². The minimum absolute atomic E-state index is 0.0388. The van der Waals surface area contributed by atoms with E-state index >= 15 is 0 Å². The number of carbonyl (C=O) groups is 1. The second-order valence-electron chi connectivity index (χ2n) is 6.27. The van der Waals surface area contributed by atoms with Crippen LogP contribution in [0.15, 0.2) is 0 Å². The van der Waals surface area contributed by atoms with Gasteiger partial charge in [-0.05, 0) is 19.4 Å². The molecule has 0 bridgehead atoms. The van der Waals surface area contributed by atoms with Gasteiger partial charge in [0.2, 0.25) is 5.79 Å². The molecule has 22 heavy (non-hydrogen) atoms. The number of rotatable bonds is 9. The van der Waals surface area contributed by atoms with E-state index in [1.165, 1.54) is 0 Å². The van der Waals surface area contributed by atoms with Crippen LogP contribution in [0.1, 0.15) is 39.5 Å². The predicted octanol–water partition coefficient (Wildman–Crippen LogP) is -0.837. The summed E-state index contributed by atoms with van der Waals surface area (Å²) in [5.41, 5.74) is 0. The second kappa shape index (κ2) is 8.90. The van der Waals surface area contributed by atoms with Gasteiger partial charge in [0.25, 0.3) is 0 Å². The molecule has 0 aromatic carbocycles. The zero-order chi connectivity index (χ0) is 16.8. The average molecular weight is 319 g/mol. The van der Waals surface area contributed by atoms with Gasteiger partial charge in [-0.2, -0.15) is 0 Å². The number of nitrogens with one attached hydrogen (secondary N) is 1. The molecule has 0 aromatic heterocycles. The fourth-order valence-electron chi connectivity index (χ4n) is 2.33. The van der Waals surface area contributed by atoms with Crippen molar-refractivity contribution in [2.45, 2.75) is 63.6 Å². The number of aliphatic hydroxyl groups is 4. The summed E-state index contributed by atoms with van der Waals surface area (Å²) in [7, 11) is 0. The first-order chi connectivity index (χ1) is 10.3. The summed E-state index contributed by atoms with van der Waals surface area (Å²) in [4.78, 5) is 11.4. The van der Waals surface area contributed by atoms with Crippen molar-refractivity contribution < 1.29 is 30.0 Å². The van der Waals surface area contributed by atoms with Crippen LogP contribution in [-0.4, -0.2) is 70.0 Å². The standard InChI is InChI=1S/C15H29NO6/c1-10(2)11(17)6-4-3-5-7-16-9-15(21)14(20)13(19)12(18)8-22-15/h10,12-14,16,18-21H,3-9H2,1-2H3. The zero-order valence-electron chi connectivity index (χ0n) is 13.4. The highest BCUT2D eigenvalue weighted by Crippen LogP contribution is 2.23. The molecule has 0 amide bonds. The van der Waals surface area contributed by atoms with Crippen molar-refractivity contribution in [3.63, 3.8) is 0 Å². The van der Waals surface area contributed by atoms with E-state index in [1.54, 1.807) is 0 Å². The van der Waals surface area contributed by atoms with Gasteiger partial charge < -0.3 is 30.5 Å². The Bertz CT molecular complexity index is 351. The molecule has 4 atom stereocenters. The highest BCUT2D eigenvalue weighted by Gasteiger charge is 2.47. The van der Waals surface area contributed by atoms with Crippen molar-refractivity contribution in [1.82, 2.24) is 5.32 Å². The normalized spacial score (nSPS) is 32.4. The van der Waals surface area contributed by atoms with E-state index in [4.69, 9.17) is 4.74 Å². The van der Waals surface area contributed by atoms with Gasteiger partial charge in [0.15, 0.2) is 0 Å². The fourth-order valence-corrected chi connectivity index (χ4v) is 2.33. The number of unbranched alkanes of at least 4 members (excludes halogenated alkanes) is 2. The number of hydrogen-bond donors (Lipinski definition) is 5. The Hall–Kier alpha value is -0.570. The predicted molar refractivity (Wildman–Crippen MR) is 80.1 cm³/mol. The molecule has 1 aliphatic rings. The van der Waals surface area contributed by atoms with Crippen LogP contribution >= 0.6 is 0 Å². The Morgan fingerprint density at radius 3 is 2.59 bits per heavy atom. The van der Waals surface area contributed by atoms with Crippen LogP contribution in [0.4, 0.5) is 0 Å². The number of Topliss-reactive ketones (excluding diaryl/α,β-unsaturated/α-hetero) is 1. The Labute approximate surface area is 131 Å². The second-order valence-corrected chi connectivity index (χ2v) is 6.27. The maximum absolute atomic E-state index is 11.4. The van der Waals surface area contributed by atoms with Crippen molar-refractivity contribution in [3.05, 3.63) is 0 Å². The average Bonchev–Trinajstić information content (AvgIpc) is 2.48. The smallest absolute Gasteiger partial charge is 0.207 e. The Kier molecular flexibility index (Phi) is 7.88. The third kappa shape index (κ3) is 5.57. The van der Waals surface area contributed by atoms with Crippen molar-refractivity contribution in [2.75, 3.05) is 19.7 Å². The molecule has 0 radical (unpaired) electrons. The molecule has 0 spiro atoms. The largest absolute Gasteiger partial charge is 0.388 e. The van der Waals surface area contributed by atoms with Crippen molar-refractivity contribution in [1.29, 1.82) is 0 Å². The first-order valence-electron chi connectivity index (χ1n) is 7.92. The highest BCUT2D eigenvalue weighted by molar-refractivity contribution is 5.80. The molecule has 130 valence electrons. The zero-order valence-corrected chi connectivity index (χ0v) is 13.4. The molecule has 4 unspecified atom stereocenters. The van der Waals surface area contributed by atoms with E-state index in [9.17, 15) is 25.2 Å². The molecular weight excluding hydrogens is 290 g/mol. The summed E-state index contributed by atoms with van der Waals surface area (Å²) in [6.07, 6.45) is -1.03. The summed E-state index contributed by atoms with van der Waals surface area (Å²) in [5, 5.41) is 41.7. The van der Waals surface area contributed by atoms with Gasteiger partial charge in [-0.3, -0.25) is 4.79 Å². The molecule has 5 N–H and O–H groups in total. The third-order valence-corrected chi connectivity index (χ3v) is 3.98. The van der Waals surface area contributed by atoms with E-state index in [1.807, 2.05) is 13.8 Å². The molecule has 1 saturated heterocycles. The van der Waals surface area contributed by atoms with Crippen molar-refractivity contribution in [2.24, 2.45) is 5.92 Å². The van der Waals surface area contributed by atoms with Gasteiger partial charge >= 0.3 is 0 Å². The summed E-state index contributed by atoms with van der Waals surface area (Å²) in [6, 6.07) is 0. The van der Waals surface area contributed by atoms with Crippen molar-refractivity contribution >= 4 is 5.78 Å². The molecule has 1 fully saturated rings. The number of ketones is 1. The summed E-state index contributed by atoms with van der Waals surface area (Å²) < 4.78 is 5.03. The molecule has 1 aliphatic heterocycles. The summed E-state index contributed by atoms with van der Waals surface area (Å²) in [5.74, 6) is -1.54. The lowest BCUT2D eigenvalue weighted by Gasteiger charge is -2.41. The van der Waals surface area contributed by atoms with Crippen LogP contribution in [0.25, 0.3) is 0 Å². The van der Waals surface area contributed by atoms with E-state index in [0.717, 1.165) is 19.3 Å². The van der Waals surface area contributed by atoms with Crippen LogP contribution in [0.3, 0.4) is 0 Å². The van der Waals surface area contributed by atoms with Crippen LogP contribution in [0, 0.1) is 5.92 Å². The molecule has 0 aromatic rings. The minimum Gasteiger partial charge on any atom is -0.388 e. The van der Waals surface area contributed by atoms with Gasteiger partial charge in [-0.25, -0.2) is 0 Å². The molecule has 1 rings (SSSR count). The number of hydrogen-bond acceptors (Lipinski definition) is 7. The topological polar surface area (TPSA) is 119 Å². The van der Waals surface area contributed by atoms with Crippen LogP contribution in [-0.2, 0) is 9.53 Å². The lowest BCUT2D eigenvalue weighted by atomic mass is 9.97. The van der Waals surface area contributed by atoms with Gasteiger partial charge in [0.05, 0.1) is 13.2 Å². The van der Waals surface area contributed by atoms with E-state index in [-0.39, 0.29) is 24.9 Å². The van der Waals surface area contributed by atoms with Gasteiger partial charge in [-0.1, -0.05) is 20.3 Å². The minimum atomic E-state index is -1.90. The summed E-state index contributed by atoms with van der Waals surface area (Å²) >= 11 is 0. The lowest BCUT2D eigenvalue weighted by Crippen LogP contribution is -2.64. The highest BCUT2D eigenvalue weighted by atomic mass is 16.6. The molecular formula is C15H29NO6. The molecule has 7 heteroatoms. The molecule has 0 saturated carbocycles. The molecule has 0 aliphatic carbocycles. The maximum atomic E-state index is 11.4. The Morgan fingerprint density at radius 2 is 1.95 bits per heavy atom. The number of ether oxygens (including phenoxy) is 1. The number of aliphatic hydroxyl groups excluding tert-OH is 3. The van der Waals surface area contributed by atoms with Gasteiger partial charge in [0, 0.05) is 12.3 Å². The van der Waals surface area contributed by atoms with Crippen LogP contribution < -0.4 is 5.32 Å². The quantitative estimate of drug-likeness (QED) is 0.352. The van der Waals surface area contributed by atoms with Gasteiger partial charge in [0.1, 0.15) is 24.1 Å². The van der Waals surface area contributed by atoms with E-state index in [0.29, 0.717) is 13.0 Å².